The van der Waals surface area contributed by atoms with Gasteiger partial charge in [0.1, 0.15) is 17.6 Å². The molecule has 1 fully saturated rings. The van der Waals surface area contributed by atoms with Crippen LogP contribution in [0.5, 0.6) is 0 Å². The first-order chi connectivity index (χ1) is 15.6. The highest BCUT2D eigenvalue weighted by Gasteiger charge is 2.43. The largest absolute Gasteiger partial charge is 0.443 e. The molecule has 2 atom stereocenters. The van der Waals surface area contributed by atoms with Crippen molar-refractivity contribution in [2.75, 3.05) is 16.8 Å². The molecule has 1 aromatic carbocycles. The minimum absolute atomic E-state index is 0.281. The second-order valence-corrected chi connectivity index (χ2v) is 9.75. The lowest BCUT2D eigenvalue weighted by Crippen LogP contribution is -2.35. The lowest BCUT2D eigenvalue weighted by molar-refractivity contribution is -0.117. The van der Waals surface area contributed by atoms with Gasteiger partial charge in [0.25, 0.3) is 0 Å². The van der Waals surface area contributed by atoms with Crippen LogP contribution in [0.25, 0.3) is 22.2 Å². The van der Waals surface area contributed by atoms with Crippen LogP contribution < -0.4 is 10.2 Å². The molecule has 2 amide bonds. The van der Waals surface area contributed by atoms with Gasteiger partial charge in [0.05, 0.1) is 23.3 Å². The quantitative estimate of drug-likeness (QED) is 0.620. The number of amides is 2. The normalized spacial score (nSPS) is 19.5. The Morgan fingerprint density at radius 1 is 1.24 bits per heavy atom. The first-order valence-corrected chi connectivity index (χ1v) is 11.2. The molecule has 0 saturated heterocycles. The molecule has 2 aliphatic rings. The van der Waals surface area contributed by atoms with Crippen molar-refractivity contribution in [2.45, 2.75) is 45.4 Å². The Morgan fingerprint density at radius 3 is 2.70 bits per heavy atom. The molecule has 8 heteroatoms. The van der Waals surface area contributed by atoms with Crippen LogP contribution >= 0.6 is 0 Å². The molecule has 33 heavy (non-hydrogen) atoms. The number of hydrogen-bond donors (Lipinski definition) is 1. The summed E-state index contributed by atoms with van der Waals surface area (Å²) in [5.74, 6) is -0.472. The van der Waals surface area contributed by atoms with Crippen LogP contribution in [0.1, 0.15) is 32.8 Å². The number of pyridine rings is 1. The average Bonchev–Trinajstić information content (AvgIpc) is 3.17. The minimum Gasteiger partial charge on any atom is -0.443 e. The Hall–Kier alpha value is -3.42. The van der Waals surface area contributed by atoms with E-state index in [1.807, 2.05) is 52.1 Å². The van der Waals surface area contributed by atoms with Crippen LogP contribution in [0.15, 0.2) is 36.5 Å². The first kappa shape index (κ1) is 21.4. The van der Waals surface area contributed by atoms with Crippen LogP contribution in [0.3, 0.4) is 0 Å². The maximum Gasteiger partial charge on any atom is 0.414 e. The Bertz CT molecular complexity index is 1280. The number of nitrogens with zero attached hydrogens (tertiary/aromatic N) is 3. The van der Waals surface area contributed by atoms with Crippen LogP contribution in [0.2, 0.25) is 0 Å². The van der Waals surface area contributed by atoms with E-state index in [1.165, 1.54) is 0 Å². The van der Waals surface area contributed by atoms with E-state index in [0.717, 1.165) is 39.8 Å². The number of hydrogen-bond acceptors (Lipinski definition) is 4. The topological polar surface area (TPSA) is 76.5 Å². The summed E-state index contributed by atoms with van der Waals surface area (Å²) in [6.45, 7) is 6.15. The number of fused-ring (bicyclic) bond motifs is 2. The second kappa shape index (κ2) is 7.57. The molecule has 3 heterocycles. The van der Waals surface area contributed by atoms with Gasteiger partial charge in [-0.2, -0.15) is 0 Å². The molecule has 0 unspecified atom stereocenters. The molecule has 0 bridgehead atoms. The molecule has 1 aliphatic carbocycles. The van der Waals surface area contributed by atoms with Gasteiger partial charge >= 0.3 is 6.09 Å². The molecule has 0 radical (unpaired) electrons. The highest BCUT2D eigenvalue weighted by atomic mass is 19.1. The monoisotopic (exact) mass is 450 g/mol. The number of halogens is 1. The van der Waals surface area contributed by atoms with Crippen molar-refractivity contribution >= 4 is 34.4 Å². The third-order valence-electron chi connectivity index (χ3n) is 6.15. The van der Waals surface area contributed by atoms with Gasteiger partial charge in [-0.1, -0.05) is 12.1 Å². The molecule has 1 saturated carbocycles. The number of alkyl halides is 1. The van der Waals surface area contributed by atoms with Gasteiger partial charge in [-0.05, 0) is 57.4 Å². The van der Waals surface area contributed by atoms with Crippen molar-refractivity contribution < 1.29 is 18.7 Å². The zero-order valence-electron chi connectivity index (χ0n) is 19.2. The lowest BCUT2D eigenvalue weighted by atomic mass is 10.0. The maximum absolute atomic E-state index is 13.2. The summed E-state index contributed by atoms with van der Waals surface area (Å²) in [6.07, 6.45) is 1.34. The molecular weight excluding hydrogens is 423 g/mol. The van der Waals surface area contributed by atoms with E-state index in [9.17, 15) is 14.0 Å². The van der Waals surface area contributed by atoms with E-state index in [2.05, 4.69) is 20.9 Å². The molecule has 172 valence electrons. The van der Waals surface area contributed by atoms with Crippen LogP contribution in [0, 0.1) is 5.92 Å². The van der Waals surface area contributed by atoms with E-state index in [-0.39, 0.29) is 18.4 Å². The Morgan fingerprint density at radius 2 is 2.00 bits per heavy atom. The van der Waals surface area contributed by atoms with Crippen LogP contribution in [0.4, 0.5) is 20.7 Å². The maximum atomic E-state index is 13.2. The van der Waals surface area contributed by atoms with Gasteiger partial charge < -0.3 is 14.6 Å². The summed E-state index contributed by atoms with van der Waals surface area (Å²) in [4.78, 5) is 30.8. The Labute approximate surface area is 191 Å². The number of benzene rings is 1. The van der Waals surface area contributed by atoms with Crippen molar-refractivity contribution in [3.8, 4) is 11.3 Å². The highest BCUT2D eigenvalue weighted by molar-refractivity contribution is 5.97. The van der Waals surface area contributed by atoms with Gasteiger partial charge in [-0.3, -0.25) is 9.69 Å². The number of rotatable bonds is 3. The number of ether oxygens (including phenoxy) is 1. The molecular formula is C25H27FN4O3. The second-order valence-electron chi connectivity index (χ2n) is 9.75. The number of aryl methyl sites for hydroxylation is 1. The minimum atomic E-state index is -1.04. The summed E-state index contributed by atoms with van der Waals surface area (Å²) < 4.78 is 20.8. The summed E-state index contributed by atoms with van der Waals surface area (Å²) in [5, 5.41) is 3.64. The van der Waals surface area contributed by atoms with Crippen LogP contribution in [-0.2, 0) is 23.0 Å². The van der Waals surface area contributed by atoms with E-state index >= 15 is 0 Å². The van der Waals surface area contributed by atoms with Crippen molar-refractivity contribution in [1.82, 2.24) is 9.55 Å². The van der Waals surface area contributed by atoms with E-state index in [4.69, 9.17) is 4.74 Å². The summed E-state index contributed by atoms with van der Waals surface area (Å²) in [7, 11) is 1.97. The summed E-state index contributed by atoms with van der Waals surface area (Å²) in [5.41, 5.74) is 4.35. The fourth-order valence-corrected chi connectivity index (χ4v) is 4.40. The van der Waals surface area contributed by atoms with Crippen molar-refractivity contribution in [3.05, 3.63) is 42.1 Å². The fourth-order valence-electron chi connectivity index (χ4n) is 4.40. The van der Waals surface area contributed by atoms with Crippen molar-refractivity contribution in [1.29, 1.82) is 0 Å². The number of anilines is 2. The summed E-state index contributed by atoms with van der Waals surface area (Å²) in [6, 6.07) is 9.80. The van der Waals surface area contributed by atoms with E-state index in [0.29, 0.717) is 12.4 Å². The SMILES string of the molecule is Cn1c(-c2cccc3c2CCN3C(=O)OC(C)(C)C)cc2cc(NC(=O)[C@@H]3C[C@@H]3F)ncc21. The van der Waals surface area contributed by atoms with Crippen molar-refractivity contribution in [3.63, 3.8) is 0 Å². The zero-order valence-corrected chi connectivity index (χ0v) is 19.2. The third kappa shape index (κ3) is 3.94. The standard InChI is InChI=1S/C25H27FN4O3/c1-25(2,3)33-24(32)30-9-8-16-15(6-5-7-19(16)30)20-10-14-11-22(27-13-21(14)29(20)4)28-23(31)17-12-18(17)26/h5-7,10-11,13,17-18H,8-9,12H2,1-4H3,(H,27,28,31)/t17-,18+/m1/s1. The lowest BCUT2D eigenvalue weighted by Gasteiger charge is -2.25. The number of aromatic nitrogens is 2. The molecule has 1 N–H and O–H groups in total. The number of carbonyl (C=O) groups is 2. The van der Waals surface area contributed by atoms with E-state index < -0.39 is 17.7 Å². The zero-order chi connectivity index (χ0) is 23.5. The number of nitrogens with one attached hydrogen (secondary N) is 1. The van der Waals surface area contributed by atoms with Crippen LogP contribution in [-0.4, -0.2) is 39.9 Å². The smallest absolute Gasteiger partial charge is 0.414 e. The van der Waals surface area contributed by atoms with Gasteiger partial charge in [0.2, 0.25) is 5.91 Å². The molecule has 7 nitrogen and oxygen atoms in total. The average molecular weight is 451 g/mol. The van der Waals surface area contributed by atoms with Gasteiger partial charge in [0.15, 0.2) is 0 Å². The predicted octanol–water partition coefficient (Wildman–Crippen LogP) is 4.83. The molecule has 1 aliphatic heterocycles. The summed E-state index contributed by atoms with van der Waals surface area (Å²) >= 11 is 0. The van der Waals surface area contributed by atoms with Gasteiger partial charge in [-0.25, -0.2) is 14.2 Å². The van der Waals surface area contributed by atoms with Gasteiger partial charge in [0, 0.05) is 30.2 Å². The molecule has 5 rings (SSSR count). The van der Waals surface area contributed by atoms with Crippen molar-refractivity contribution in [2.24, 2.45) is 13.0 Å². The van der Waals surface area contributed by atoms with Gasteiger partial charge in [-0.15, -0.1) is 0 Å². The predicted molar refractivity (Wildman–Crippen MR) is 125 cm³/mol. The highest BCUT2D eigenvalue weighted by Crippen LogP contribution is 2.39. The first-order valence-electron chi connectivity index (χ1n) is 11.2. The Kier molecular flexibility index (Phi) is 4.92. The third-order valence-corrected chi connectivity index (χ3v) is 6.15. The van der Waals surface area contributed by atoms with E-state index in [1.54, 1.807) is 11.1 Å². The fraction of sp³-hybridized carbons (Fsp3) is 0.400. The molecule has 2 aromatic heterocycles. The molecule has 0 spiro atoms. The number of carbonyl (C=O) groups excluding carboxylic acids is 2. The molecule has 3 aromatic rings. The Balaban J connectivity index is 1.47.